The lowest BCUT2D eigenvalue weighted by Gasteiger charge is -2.23. The van der Waals surface area contributed by atoms with Crippen molar-refractivity contribution in [3.05, 3.63) is 35.4 Å². The number of amides is 4. The van der Waals surface area contributed by atoms with E-state index in [0.29, 0.717) is 43.7 Å². The van der Waals surface area contributed by atoms with Crippen LogP contribution in [0.3, 0.4) is 0 Å². The number of nitriles is 1. The summed E-state index contributed by atoms with van der Waals surface area (Å²) in [7, 11) is 0. The monoisotopic (exact) mass is 354 g/mol. The van der Waals surface area contributed by atoms with Crippen molar-refractivity contribution < 1.29 is 19.2 Å². The van der Waals surface area contributed by atoms with Gasteiger partial charge in [-0.2, -0.15) is 5.26 Å². The van der Waals surface area contributed by atoms with E-state index in [2.05, 4.69) is 0 Å². The number of rotatable bonds is 3. The summed E-state index contributed by atoms with van der Waals surface area (Å²) < 4.78 is 0. The Bertz CT molecular complexity index is 779. The molecule has 0 aromatic heterocycles. The number of nitrogens with zero attached hydrogens (tertiary/aromatic N) is 4. The number of hydrogen-bond acceptors (Lipinski definition) is 5. The SMILES string of the molecule is N#CCC(=O)N1CCCN(C(=O)CN2C(=O)c3ccccc3C2=O)CC1. The highest BCUT2D eigenvalue weighted by atomic mass is 16.2. The topological polar surface area (TPSA) is 102 Å². The van der Waals surface area contributed by atoms with Crippen molar-refractivity contribution in [2.45, 2.75) is 12.8 Å². The second kappa shape index (κ2) is 7.35. The predicted octanol–water partition coefficient (Wildman–Crippen LogP) is 0.257. The van der Waals surface area contributed by atoms with E-state index in [4.69, 9.17) is 5.26 Å². The zero-order valence-corrected chi connectivity index (χ0v) is 14.2. The molecular weight excluding hydrogens is 336 g/mol. The van der Waals surface area contributed by atoms with Gasteiger partial charge in [0.2, 0.25) is 11.8 Å². The molecule has 0 spiro atoms. The van der Waals surface area contributed by atoms with Gasteiger partial charge in [-0.15, -0.1) is 0 Å². The number of carbonyl (C=O) groups is 4. The third-order valence-electron chi connectivity index (χ3n) is 4.60. The lowest BCUT2D eigenvalue weighted by molar-refractivity contribution is -0.133. The summed E-state index contributed by atoms with van der Waals surface area (Å²) in [5.41, 5.74) is 0.629. The van der Waals surface area contributed by atoms with Crippen LogP contribution < -0.4 is 0 Å². The summed E-state index contributed by atoms with van der Waals surface area (Å²) in [6.45, 7) is 1.28. The van der Waals surface area contributed by atoms with Crippen LogP contribution in [0.5, 0.6) is 0 Å². The smallest absolute Gasteiger partial charge is 0.262 e. The normalized spacial score (nSPS) is 17.0. The zero-order valence-electron chi connectivity index (χ0n) is 14.2. The van der Waals surface area contributed by atoms with Crippen LogP contribution >= 0.6 is 0 Å². The van der Waals surface area contributed by atoms with Crippen LogP contribution in [-0.4, -0.2) is 71.1 Å². The molecule has 1 saturated heterocycles. The molecule has 8 nitrogen and oxygen atoms in total. The first-order valence-corrected chi connectivity index (χ1v) is 8.40. The molecule has 0 unspecified atom stereocenters. The van der Waals surface area contributed by atoms with Gasteiger partial charge in [0.05, 0.1) is 17.2 Å². The molecule has 1 aromatic rings. The quantitative estimate of drug-likeness (QED) is 0.725. The van der Waals surface area contributed by atoms with Crippen LogP contribution in [0.1, 0.15) is 33.6 Å². The standard InChI is InChI=1S/C18H18N4O4/c19-7-6-15(23)20-8-3-9-21(11-10-20)16(24)12-22-17(25)13-4-1-2-5-14(13)18(22)26/h1-2,4-5H,3,6,8-12H2. The Kier molecular flexibility index (Phi) is 4.98. The van der Waals surface area contributed by atoms with Gasteiger partial charge in [0.15, 0.2) is 0 Å². The fourth-order valence-electron chi connectivity index (χ4n) is 3.21. The molecule has 4 amide bonds. The number of carbonyl (C=O) groups excluding carboxylic acids is 4. The zero-order chi connectivity index (χ0) is 18.7. The Morgan fingerprint density at radius 1 is 0.923 bits per heavy atom. The Balaban J connectivity index is 1.63. The van der Waals surface area contributed by atoms with Gasteiger partial charge in [0.25, 0.3) is 11.8 Å². The summed E-state index contributed by atoms with van der Waals surface area (Å²) in [6, 6.07) is 8.34. The molecule has 8 heteroatoms. The van der Waals surface area contributed by atoms with Crippen molar-refractivity contribution >= 4 is 23.6 Å². The van der Waals surface area contributed by atoms with Crippen LogP contribution in [0.15, 0.2) is 24.3 Å². The largest absolute Gasteiger partial charge is 0.340 e. The molecule has 0 saturated carbocycles. The Hall–Kier alpha value is -3.21. The molecule has 0 radical (unpaired) electrons. The molecule has 2 aliphatic heterocycles. The summed E-state index contributed by atoms with van der Waals surface area (Å²) >= 11 is 0. The van der Waals surface area contributed by atoms with Crippen molar-refractivity contribution in [1.82, 2.24) is 14.7 Å². The van der Waals surface area contributed by atoms with E-state index in [0.717, 1.165) is 4.90 Å². The van der Waals surface area contributed by atoms with Crippen LogP contribution in [0.2, 0.25) is 0 Å². The van der Waals surface area contributed by atoms with E-state index in [1.807, 2.05) is 6.07 Å². The minimum Gasteiger partial charge on any atom is -0.340 e. The lowest BCUT2D eigenvalue weighted by atomic mass is 10.1. The third-order valence-corrected chi connectivity index (χ3v) is 4.60. The van der Waals surface area contributed by atoms with Crippen LogP contribution in [0.4, 0.5) is 0 Å². The van der Waals surface area contributed by atoms with E-state index >= 15 is 0 Å². The van der Waals surface area contributed by atoms with E-state index in [1.54, 1.807) is 34.1 Å². The van der Waals surface area contributed by atoms with E-state index < -0.39 is 11.8 Å². The average Bonchev–Trinajstić information content (AvgIpc) is 2.83. The fourth-order valence-corrected chi connectivity index (χ4v) is 3.21. The molecule has 2 aliphatic rings. The highest BCUT2D eigenvalue weighted by Gasteiger charge is 2.37. The number of imide groups is 1. The number of benzene rings is 1. The first-order chi connectivity index (χ1) is 12.5. The number of hydrogen-bond donors (Lipinski definition) is 0. The van der Waals surface area contributed by atoms with Gasteiger partial charge in [0.1, 0.15) is 13.0 Å². The van der Waals surface area contributed by atoms with Crippen LogP contribution in [0, 0.1) is 11.3 Å². The summed E-state index contributed by atoms with van der Waals surface area (Å²) in [5, 5.41) is 8.63. The van der Waals surface area contributed by atoms with E-state index in [-0.39, 0.29) is 24.8 Å². The first-order valence-electron chi connectivity index (χ1n) is 8.40. The molecule has 0 aliphatic carbocycles. The van der Waals surface area contributed by atoms with Crippen LogP contribution in [0.25, 0.3) is 0 Å². The summed E-state index contributed by atoms with van der Waals surface area (Å²) in [6.07, 6.45) is 0.411. The maximum atomic E-state index is 12.6. The highest BCUT2D eigenvalue weighted by Crippen LogP contribution is 2.22. The van der Waals surface area contributed by atoms with Crippen molar-refractivity contribution in [1.29, 1.82) is 5.26 Å². The second-order valence-electron chi connectivity index (χ2n) is 6.19. The average molecular weight is 354 g/mol. The molecule has 2 heterocycles. The van der Waals surface area contributed by atoms with E-state index in [1.165, 1.54) is 0 Å². The molecule has 0 atom stereocenters. The molecule has 3 rings (SSSR count). The molecular formula is C18H18N4O4. The van der Waals surface area contributed by atoms with Crippen molar-refractivity contribution in [2.75, 3.05) is 32.7 Å². The molecule has 0 bridgehead atoms. The minimum absolute atomic E-state index is 0.178. The van der Waals surface area contributed by atoms with Gasteiger partial charge >= 0.3 is 0 Å². The highest BCUT2D eigenvalue weighted by molar-refractivity contribution is 6.22. The summed E-state index contributed by atoms with van der Waals surface area (Å²) in [5.74, 6) is -1.49. The molecule has 1 aromatic carbocycles. The van der Waals surface area contributed by atoms with Crippen molar-refractivity contribution in [3.8, 4) is 6.07 Å². The fraction of sp³-hybridized carbons (Fsp3) is 0.389. The lowest BCUT2D eigenvalue weighted by Crippen LogP contribution is -2.44. The minimum atomic E-state index is -0.459. The van der Waals surface area contributed by atoms with Gasteiger partial charge in [0, 0.05) is 26.2 Å². The first kappa shape index (κ1) is 17.6. The van der Waals surface area contributed by atoms with Crippen LogP contribution in [-0.2, 0) is 9.59 Å². The van der Waals surface area contributed by atoms with Crippen molar-refractivity contribution in [3.63, 3.8) is 0 Å². The van der Waals surface area contributed by atoms with Gasteiger partial charge in [-0.05, 0) is 18.6 Å². The third kappa shape index (κ3) is 3.28. The summed E-state index contributed by atoms with van der Waals surface area (Å²) in [4.78, 5) is 53.2. The molecule has 26 heavy (non-hydrogen) atoms. The Morgan fingerprint density at radius 2 is 1.46 bits per heavy atom. The maximum absolute atomic E-state index is 12.6. The predicted molar refractivity (Wildman–Crippen MR) is 89.8 cm³/mol. The van der Waals surface area contributed by atoms with Gasteiger partial charge in [-0.3, -0.25) is 24.1 Å². The van der Waals surface area contributed by atoms with E-state index in [9.17, 15) is 19.2 Å². The van der Waals surface area contributed by atoms with Gasteiger partial charge in [-0.25, -0.2) is 0 Å². The van der Waals surface area contributed by atoms with Gasteiger partial charge in [-0.1, -0.05) is 12.1 Å². The Morgan fingerprint density at radius 3 is 2.00 bits per heavy atom. The molecule has 0 N–H and O–H groups in total. The molecule has 1 fully saturated rings. The molecule has 134 valence electrons. The second-order valence-corrected chi connectivity index (χ2v) is 6.19. The maximum Gasteiger partial charge on any atom is 0.262 e. The Labute approximate surface area is 150 Å². The van der Waals surface area contributed by atoms with Crippen molar-refractivity contribution in [2.24, 2.45) is 0 Å². The van der Waals surface area contributed by atoms with Gasteiger partial charge < -0.3 is 9.80 Å². The number of fused-ring (bicyclic) bond motifs is 1.